The van der Waals surface area contributed by atoms with Gasteiger partial charge < -0.3 is 19.2 Å². The second-order valence-electron chi connectivity index (χ2n) is 7.74. The number of nitrogens with one attached hydrogen (secondary N) is 1. The van der Waals surface area contributed by atoms with E-state index in [0.717, 1.165) is 5.56 Å². The molecular weight excluding hydrogens is 375 g/mol. The molecule has 0 spiro atoms. The first-order valence-corrected chi connectivity index (χ1v) is 9.16. The van der Waals surface area contributed by atoms with E-state index in [1.807, 2.05) is 58.0 Å². The zero-order chi connectivity index (χ0) is 21.2. The lowest BCUT2D eigenvalue weighted by Gasteiger charge is -2.32. The molecule has 2 aromatic rings. The van der Waals surface area contributed by atoms with Gasteiger partial charge in [-0.1, -0.05) is 30.3 Å². The van der Waals surface area contributed by atoms with Crippen LogP contribution in [-0.4, -0.2) is 40.5 Å². The fraction of sp³-hybridized carbons (Fsp3) is 0.350. The van der Waals surface area contributed by atoms with Crippen molar-refractivity contribution in [2.75, 3.05) is 5.32 Å². The monoisotopic (exact) mass is 398 g/mol. The van der Waals surface area contributed by atoms with Crippen molar-refractivity contribution in [2.24, 2.45) is 0 Å². The van der Waals surface area contributed by atoms with Crippen molar-refractivity contribution < 1.29 is 28.7 Å². The van der Waals surface area contributed by atoms with E-state index in [2.05, 4.69) is 10.3 Å². The fourth-order valence-corrected chi connectivity index (χ4v) is 2.71. The van der Waals surface area contributed by atoms with Gasteiger partial charge in [-0.2, -0.15) is 0 Å². The molecule has 1 aromatic heterocycles. The molecular formula is C20H23BN2O6. The molecule has 0 unspecified atom stereocenters. The van der Waals surface area contributed by atoms with Gasteiger partial charge in [0.15, 0.2) is 0 Å². The van der Waals surface area contributed by atoms with Gasteiger partial charge in [0.25, 0.3) is 0 Å². The number of hydrogen-bond donors (Lipinski definition) is 2. The molecule has 0 saturated carbocycles. The number of benzene rings is 1. The Morgan fingerprint density at radius 1 is 1.14 bits per heavy atom. The Hall–Kier alpha value is -2.91. The van der Waals surface area contributed by atoms with Crippen LogP contribution in [0, 0.1) is 0 Å². The molecule has 8 nitrogen and oxygen atoms in total. The molecule has 29 heavy (non-hydrogen) atoms. The van der Waals surface area contributed by atoms with Crippen molar-refractivity contribution in [1.29, 1.82) is 0 Å². The normalized spacial score (nSPS) is 17.0. The average Bonchev–Trinajstić information content (AvgIpc) is 2.88. The summed E-state index contributed by atoms with van der Waals surface area (Å²) in [6.45, 7) is 7.66. The average molecular weight is 398 g/mol. The molecule has 1 aliphatic heterocycles. The molecule has 2 N–H and O–H groups in total. The Morgan fingerprint density at radius 3 is 2.34 bits per heavy atom. The van der Waals surface area contributed by atoms with Gasteiger partial charge in [-0.15, -0.1) is 0 Å². The first-order valence-electron chi connectivity index (χ1n) is 9.16. The molecule has 9 heteroatoms. The number of rotatable bonds is 5. The Kier molecular flexibility index (Phi) is 5.63. The summed E-state index contributed by atoms with van der Waals surface area (Å²) < 4.78 is 17.0. The van der Waals surface area contributed by atoms with Crippen LogP contribution in [0.15, 0.2) is 42.6 Å². The largest absolute Gasteiger partial charge is 0.496 e. The molecule has 0 atom stereocenters. The number of aromatic carboxylic acids is 1. The summed E-state index contributed by atoms with van der Waals surface area (Å²) in [5.74, 6) is -1.36. The third-order valence-corrected chi connectivity index (χ3v) is 5.10. The number of carbonyl (C=O) groups excluding carboxylic acids is 1. The predicted octanol–water partition coefficient (Wildman–Crippen LogP) is 2.83. The van der Waals surface area contributed by atoms with E-state index in [0.29, 0.717) is 5.46 Å². The van der Waals surface area contributed by atoms with Crippen molar-refractivity contribution in [3.05, 3.63) is 53.7 Å². The van der Waals surface area contributed by atoms with Gasteiger partial charge in [0.05, 0.1) is 11.2 Å². The molecule has 0 bridgehead atoms. The van der Waals surface area contributed by atoms with E-state index in [-0.39, 0.29) is 18.0 Å². The number of aromatic nitrogens is 1. The number of carboxylic acid groups (broad SMARTS) is 1. The third kappa shape index (κ3) is 4.57. The number of hydrogen-bond acceptors (Lipinski definition) is 6. The number of nitrogens with zero attached hydrogens (tertiary/aromatic N) is 1. The number of ether oxygens (including phenoxy) is 1. The van der Waals surface area contributed by atoms with Crippen LogP contribution in [0.1, 0.15) is 43.6 Å². The maximum Gasteiger partial charge on any atom is 0.496 e. The van der Waals surface area contributed by atoms with Crippen LogP contribution in [0.5, 0.6) is 0 Å². The Labute approximate surface area is 169 Å². The second kappa shape index (κ2) is 7.84. The molecule has 0 aliphatic carbocycles. The summed E-state index contributed by atoms with van der Waals surface area (Å²) in [5, 5.41) is 11.9. The molecule has 1 amide bonds. The first-order chi connectivity index (χ1) is 13.6. The number of anilines is 1. The first kappa shape index (κ1) is 20.8. The highest BCUT2D eigenvalue weighted by atomic mass is 16.7. The molecule has 2 heterocycles. The van der Waals surface area contributed by atoms with Crippen molar-refractivity contribution in [1.82, 2.24) is 4.98 Å². The molecule has 1 fully saturated rings. The second-order valence-corrected chi connectivity index (χ2v) is 7.74. The Bertz CT molecular complexity index is 900. The predicted molar refractivity (Wildman–Crippen MR) is 107 cm³/mol. The Balaban J connectivity index is 1.73. The number of carbonyl (C=O) groups is 2. The minimum Gasteiger partial charge on any atom is -0.478 e. The van der Waals surface area contributed by atoms with Gasteiger partial charge in [0.2, 0.25) is 0 Å². The highest BCUT2D eigenvalue weighted by Gasteiger charge is 2.52. The standard InChI is InChI=1S/C20H23BN2O6/c1-19(2)20(3,4)29-21(28-19)14-10-15(17(24)25)16(22-11-14)23-18(26)27-12-13-8-6-5-7-9-13/h5-11H,12H2,1-4H3,(H,24,25)(H,22,23,26). The SMILES string of the molecule is CC1(C)OB(c2cnc(NC(=O)OCc3ccccc3)c(C(=O)O)c2)OC1(C)C. The molecule has 1 aromatic carbocycles. The van der Waals surface area contributed by atoms with Gasteiger partial charge in [0.1, 0.15) is 18.0 Å². The fourth-order valence-electron chi connectivity index (χ4n) is 2.71. The van der Waals surface area contributed by atoms with Crippen LogP contribution in [-0.2, 0) is 20.7 Å². The topological polar surface area (TPSA) is 107 Å². The van der Waals surface area contributed by atoms with Crippen molar-refractivity contribution in [3.8, 4) is 0 Å². The van der Waals surface area contributed by atoms with E-state index >= 15 is 0 Å². The molecule has 3 rings (SSSR count). The summed E-state index contributed by atoms with van der Waals surface area (Å²) in [7, 11) is -0.760. The Morgan fingerprint density at radius 2 is 1.76 bits per heavy atom. The van der Waals surface area contributed by atoms with Crippen LogP contribution < -0.4 is 10.8 Å². The minimum absolute atomic E-state index is 0.0566. The third-order valence-electron chi connectivity index (χ3n) is 5.10. The lowest BCUT2D eigenvalue weighted by atomic mass is 9.79. The minimum atomic E-state index is -1.24. The van der Waals surface area contributed by atoms with Crippen LogP contribution in [0.2, 0.25) is 0 Å². The van der Waals surface area contributed by atoms with E-state index < -0.39 is 30.4 Å². The maximum absolute atomic E-state index is 12.1. The number of amides is 1. The molecule has 1 saturated heterocycles. The number of pyridine rings is 1. The van der Waals surface area contributed by atoms with Gasteiger partial charge in [0, 0.05) is 11.7 Å². The van der Waals surface area contributed by atoms with Crippen molar-refractivity contribution in [2.45, 2.75) is 45.5 Å². The van der Waals surface area contributed by atoms with Crippen LogP contribution >= 0.6 is 0 Å². The molecule has 1 aliphatic rings. The van der Waals surface area contributed by atoms with Gasteiger partial charge in [-0.25, -0.2) is 14.6 Å². The lowest BCUT2D eigenvalue weighted by molar-refractivity contribution is 0.00578. The number of carboxylic acids is 1. The van der Waals surface area contributed by atoms with Gasteiger partial charge in [-0.05, 0) is 39.3 Å². The molecule has 152 valence electrons. The van der Waals surface area contributed by atoms with Crippen LogP contribution in [0.3, 0.4) is 0 Å². The van der Waals surface area contributed by atoms with Crippen LogP contribution in [0.25, 0.3) is 0 Å². The lowest BCUT2D eigenvalue weighted by Crippen LogP contribution is -2.41. The summed E-state index contributed by atoms with van der Waals surface area (Å²) >= 11 is 0. The molecule has 0 radical (unpaired) electrons. The summed E-state index contributed by atoms with van der Waals surface area (Å²) in [6.07, 6.45) is 0.619. The van der Waals surface area contributed by atoms with Crippen molar-refractivity contribution >= 4 is 30.5 Å². The summed E-state index contributed by atoms with van der Waals surface area (Å²) in [5.41, 5.74) is -0.0679. The zero-order valence-corrected chi connectivity index (χ0v) is 16.8. The zero-order valence-electron chi connectivity index (χ0n) is 16.8. The quantitative estimate of drug-likeness (QED) is 0.746. The van der Waals surface area contributed by atoms with Crippen LogP contribution in [0.4, 0.5) is 10.6 Å². The van der Waals surface area contributed by atoms with E-state index in [4.69, 9.17) is 14.0 Å². The van der Waals surface area contributed by atoms with E-state index in [1.165, 1.54) is 12.3 Å². The summed E-state index contributed by atoms with van der Waals surface area (Å²) in [4.78, 5) is 27.8. The summed E-state index contributed by atoms with van der Waals surface area (Å²) in [6, 6.07) is 10.5. The maximum atomic E-state index is 12.1. The van der Waals surface area contributed by atoms with Crippen molar-refractivity contribution in [3.63, 3.8) is 0 Å². The van der Waals surface area contributed by atoms with E-state index in [1.54, 1.807) is 0 Å². The van der Waals surface area contributed by atoms with E-state index in [9.17, 15) is 14.7 Å². The smallest absolute Gasteiger partial charge is 0.478 e. The highest BCUT2D eigenvalue weighted by Crippen LogP contribution is 2.36. The highest BCUT2D eigenvalue weighted by molar-refractivity contribution is 6.62. The van der Waals surface area contributed by atoms with Gasteiger partial charge in [-0.3, -0.25) is 5.32 Å². The van der Waals surface area contributed by atoms with Gasteiger partial charge >= 0.3 is 19.2 Å².